The molecular weight excluding hydrogens is 310 g/mol. The van der Waals surface area contributed by atoms with Crippen molar-refractivity contribution < 1.29 is 16.8 Å². The molecule has 1 aromatic rings. The van der Waals surface area contributed by atoms with E-state index in [4.69, 9.17) is 10.7 Å². The third-order valence-electron chi connectivity index (χ3n) is 2.27. The smallest absolute Gasteiger partial charge is 0.208 e. The molecule has 0 radical (unpaired) electrons. The lowest BCUT2D eigenvalue weighted by molar-refractivity contribution is 0.562. The Labute approximate surface area is 117 Å². The number of hydrogen-bond donors (Lipinski definition) is 1. The number of benzene rings is 1. The van der Waals surface area contributed by atoms with Crippen molar-refractivity contribution in [1.82, 2.24) is 4.72 Å². The Bertz CT molecular complexity index is 668. The van der Waals surface area contributed by atoms with E-state index in [0.29, 0.717) is 6.42 Å². The zero-order chi connectivity index (χ0) is 14.7. The molecule has 1 aromatic carbocycles. The number of hydrogen-bond acceptors (Lipinski definition) is 4. The van der Waals surface area contributed by atoms with Crippen LogP contribution >= 0.6 is 10.7 Å². The zero-order valence-corrected chi connectivity index (χ0v) is 12.6. The van der Waals surface area contributed by atoms with Crippen LogP contribution in [0.15, 0.2) is 46.7 Å². The first-order valence-electron chi connectivity index (χ1n) is 5.35. The number of sulfonamides is 1. The first-order chi connectivity index (χ1) is 8.66. The van der Waals surface area contributed by atoms with Crippen molar-refractivity contribution >= 4 is 29.8 Å². The predicted molar refractivity (Wildman–Crippen MR) is 74.1 cm³/mol. The number of halogens is 1. The van der Waals surface area contributed by atoms with Crippen LogP contribution in [0.25, 0.3) is 0 Å². The van der Waals surface area contributed by atoms with Crippen LogP contribution in [0.2, 0.25) is 0 Å². The van der Waals surface area contributed by atoms with Crippen LogP contribution in [0.4, 0.5) is 0 Å². The Morgan fingerprint density at radius 1 is 1.32 bits per heavy atom. The summed E-state index contributed by atoms with van der Waals surface area (Å²) in [5, 5.41) is 0. The van der Waals surface area contributed by atoms with E-state index in [-0.39, 0.29) is 15.8 Å². The van der Waals surface area contributed by atoms with Crippen molar-refractivity contribution in [2.45, 2.75) is 29.2 Å². The summed E-state index contributed by atoms with van der Waals surface area (Å²) in [6.45, 7) is 5.20. The molecule has 0 fully saturated rings. The summed E-state index contributed by atoms with van der Waals surface area (Å²) in [5.74, 6) is 0. The summed E-state index contributed by atoms with van der Waals surface area (Å²) < 4.78 is 48.8. The fourth-order valence-corrected chi connectivity index (χ4v) is 3.60. The Morgan fingerprint density at radius 2 is 1.89 bits per heavy atom. The van der Waals surface area contributed by atoms with Gasteiger partial charge in [-0.15, -0.1) is 6.58 Å². The Balaban J connectivity index is 3.12. The Morgan fingerprint density at radius 3 is 2.42 bits per heavy atom. The highest BCUT2D eigenvalue weighted by atomic mass is 35.7. The van der Waals surface area contributed by atoms with Crippen molar-refractivity contribution in [2.24, 2.45) is 0 Å². The van der Waals surface area contributed by atoms with E-state index in [0.717, 1.165) is 6.07 Å². The van der Waals surface area contributed by atoms with Gasteiger partial charge in [-0.1, -0.05) is 12.1 Å². The van der Waals surface area contributed by atoms with Gasteiger partial charge in [0.1, 0.15) is 0 Å². The molecule has 1 atom stereocenters. The molecule has 1 unspecified atom stereocenters. The summed E-state index contributed by atoms with van der Waals surface area (Å²) in [5.41, 5.74) is 0. The molecule has 0 spiro atoms. The van der Waals surface area contributed by atoms with Gasteiger partial charge in [0.25, 0.3) is 9.05 Å². The second-order valence-electron chi connectivity index (χ2n) is 3.96. The topological polar surface area (TPSA) is 80.3 Å². The quantitative estimate of drug-likeness (QED) is 0.640. The lowest BCUT2D eigenvalue weighted by Crippen LogP contribution is -2.32. The molecule has 1 N–H and O–H groups in total. The highest BCUT2D eigenvalue weighted by Gasteiger charge is 2.19. The third kappa shape index (κ3) is 4.61. The average molecular weight is 324 g/mol. The van der Waals surface area contributed by atoms with Gasteiger partial charge < -0.3 is 0 Å². The first kappa shape index (κ1) is 16.2. The average Bonchev–Trinajstić information content (AvgIpc) is 2.27. The van der Waals surface area contributed by atoms with Crippen LogP contribution in [0, 0.1) is 0 Å². The molecule has 0 aliphatic heterocycles. The highest BCUT2D eigenvalue weighted by molar-refractivity contribution is 8.13. The molecule has 1 rings (SSSR count). The van der Waals surface area contributed by atoms with Gasteiger partial charge >= 0.3 is 0 Å². The highest BCUT2D eigenvalue weighted by Crippen LogP contribution is 2.19. The van der Waals surface area contributed by atoms with Crippen molar-refractivity contribution in [1.29, 1.82) is 0 Å². The van der Waals surface area contributed by atoms with E-state index in [1.807, 2.05) is 0 Å². The van der Waals surface area contributed by atoms with Crippen LogP contribution in [0.5, 0.6) is 0 Å². The van der Waals surface area contributed by atoms with Gasteiger partial charge in [-0.05, 0) is 31.5 Å². The molecule has 0 amide bonds. The van der Waals surface area contributed by atoms with Crippen molar-refractivity contribution in [3.05, 3.63) is 36.9 Å². The molecular formula is C11H14ClNO4S2. The first-order valence-corrected chi connectivity index (χ1v) is 9.14. The largest absolute Gasteiger partial charge is 0.261 e. The lowest BCUT2D eigenvalue weighted by atomic mass is 10.3. The summed E-state index contributed by atoms with van der Waals surface area (Å²) in [4.78, 5) is -0.404. The van der Waals surface area contributed by atoms with Crippen LogP contribution in [-0.4, -0.2) is 22.9 Å². The number of rotatable bonds is 6. The van der Waals surface area contributed by atoms with E-state index < -0.39 is 19.1 Å². The Hall–Kier alpha value is -0.890. The van der Waals surface area contributed by atoms with Crippen LogP contribution in [0.1, 0.15) is 13.3 Å². The van der Waals surface area contributed by atoms with Gasteiger partial charge in [0.2, 0.25) is 10.0 Å². The second-order valence-corrected chi connectivity index (χ2v) is 8.24. The molecule has 106 valence electrons. The van der Waals surface area contributed by atoms with Crippen LogP contribution in [0.3, 0.4) is 0 Å². The van der Waals surface area contributed by atoms with E-state index in [2.05, 4.69) is 11.3 Å². The normalized spacial score (nSPS) is 14.0. The molecule has 0 bridgehead atoms. The van der Waals surface area contributed by atoms with E-state index >= 15 is 0 Å². The standard InChI is InChI=1S/C11H14ClNO4S2/c1-3-5-9(2)13-19(16,17)11-7-4-6-10(8-11)18(12,14)15/h3-4,6-9,13H,1,5H2,2H3. The van der Waals surface area contributed by atoms with E-state index in [1.165, 1.54) is 18.2 Å². The minimum atomic E-state index is -3.96. The maximum absolute atomic E-state index is 12.0. The van der Waals surface area contributed by atoms with E-state index in [9.17, 15) is 16.8 Å². The SMILES string of the molecule is C=CCC(C)NS(=O)(=O)c1cccc(S(=O)(=O)Cl)c1. The maximum atomic E-state index is 12.0. The minimum absolute atomic E-state index is 0.148. The number of nitrogens with one attached hydrogen (secondary N) is 1. The predicted octanol–water partition coefficient (Wildman–Crippen LogP) is 1.86. The molecule has 0 aliphatic carbocycles. The summed E-state index contributed by atoms with van der Waals surface area (Å²) in [6.07, 6.45) is 2.06. The fraction of sp³-hybridized carbons (Fsp3) is 0.273. The molecule has 19 heavy (non-hydrogen) atoms. The van der Waals surface area contributed by atoms with Gasteiger partial charge in [-0.2, -0.15) is 0 Å². The third-order valence-corrected chi connectivity index (χ3v) is 5.21. The van der Waals surface area contributed by atoms with Gasteiger partial charge in [-0.3, -0.25) is 0 Å². The molecule has 0 saturated heterocycles. The van der Waals surface area contributed by atoms with Crippen molar-refractivity contribution in [3.8, 4) is 0 Å². The molecule has 0 saturated carbocycles. The van der Waals surface area contributed by atoms with Crippen LogP contribution in [-0.2, 0) is 19.1 Å². The summed E-state index contributed by atoms with van der Waals surface area (Å²) in [7, 11) is -2.57. The Kier molecular flexibility index (Phi) is 5.14. The summed E-state index contributed by atoms with van der Waals surface area (Å²) in [6, 6.07) is 4.54. The molecule has 0 aromatic heterocycles. The van der Waals surface area contributed by atoms with Gasteiger partial charge in [-0.25, -0.2) is 21.6 Å². The van der Waals surface area contributed by atoms with Crippen molar-refractivity contribution in [2.75, 3.05) is 0 Å². The van der Waals surface area contributed by atoms with Crippen molar-refractivity contribution in [3.63, 3.8) is 0 Å². The minimum Gasteiger partial charge on any atom is -0.208 e. The van der Waals surface area contributed by atoms with Gasteiger partial charge in [0.05, 0.1) is 9.79 Å². The molecule has 5 nitrogen and oxygen atoms in total. The fourth-order valence-electron chi connectivity index (χ4n) is 1.42. The molecule has 0 aliphatic rings. The molecule has 0 heterocycles. The monoisotopic (exact) mass is 323 g/mol. The van der Waals surface area contributed by atoms with Crippen LogP contribution < -0.4 is 4.72 Å². The maximum Gasteiger partial charge on any atom is 0.261 e. The lowest BCUT2D eigenvalue weighted by Gasteiger charge is -2.12. The van der Waals surface area contributed by atoms with Gasteiger partial charge in [0, 0.05) is 16.7 Å². The summed E-state index contributed by atoms with van der Waals surface area (Å²) >= 11 is 0. The second kappa shape index (κ2) is 6.04. The zero-order valence-electron chi connectivity index (χ0n) is 10.2. The molecule has 8 heteroatoms. The van der Waals surface area contributed by atoms with Gasteiger partial charge in [0.15, 0.2) is 0 Å². The van der Waals surface area contributed by atoms with E-state index in [1.54, 1.807) is 13.0 Å².